The van der Waals surface area contributed by atoms with E-state index in [1.165, 1.54) is 0 Å². The SMILES string of the molecule is O=P([O-])(O)O.OCC(O)C(O)C(O)CO.[Na+]. The zero-order chi connectivity index (χ0) is 12.6. The average Bonchev–Trinajstić information content (AvgIpc) is 2.11. The first kappa shape index (κ1) is 22.1. The molecular formula is C5H14NaO9P. The number of aliphatic hydroxyl groups excluding tert-OH is 5. The van der Waals surface area contributed by atoms with E-state index in [4.69, 9.17) is 44.8 Å². The van der Waals surface area contributed by atoms with Crippen LogP contribution in [-0.2, 0) is 4.57 Å². The summed E-state index contributed by atoms with van der Waals surface area (Å²) < 4.78 is 8.77. The molecule has 94 valence electrons. The first-order chi connectivity index (χ1) is 6.63. The minimum atomic E-state index is -4.89. The van der Waals surface area contributed by atoms with Gasteiger partial charge in [0.2, 0.25) is 0 Å². The Labute approximate surface area is 114 Å². The molecule has 0 aliphatic heterocycles. The molecule has 2 atom stereocenters. The van der Waals surface area contributed by atoms with Crippen LogP contribution in [0.15, 0.2) is 0 Å². The Hall–Kier alpha value is 0.910. The van der Waals surface area contributed by atoms with Crippen LogP contribution < -0.4 is 34.5 Å². The number of aliphatic hydroxyl groups is 5. The van der Waals surface area contributed by atoms with Gasteiger partial charge >= 0.3 is 29.6 Å². The summed E-state index contributed by atoms with van der Waals surface area (Å²) in [6.07, 6.45) is -4.29. The number of rotatable bonds is 4. The molecule has 11 heteroatoms. The van der Waals surface area contributed by atoms with Crippen LogP contribution in [0.2, 0.25) is 0 Å². The Morgan fingerprint density at radius 2 is 1.19 bits per heavy atom. The van der Waals surface area contributed by atoms with Gasteiger partial charge in [0.1, 0.15) is 18.3 Å². The molecule has 7 N–H and O–H groups in total. The van der Waals surface area contributed by atoms with Crippen molar-refractivity contribution in [2.75, 3.05) is 13.2 Å². The molecule has 0 aromatic carbocycles. The molecular weight excluding hydrogens is 258 g/mol. The number of hydrogen-bond donors (Lipinski definition) is 7. The van der Waals surface area contributed by atoms with Crippen molar-refractivity contribution in [3.63, 3.8) is 0 Å². The van der Waals surface area contributed by atoms with Gasteiger partial charge in [0.05, 0.1) is 13.2 Å². The largest absolute Gasteiger partial charge is 1.00 e. The second-order valence-corrected chi connectivity index (χ2v) is 3.46. The van der Waals surface area contributed by atoms with Crippen LogP contribution in [0.25, 0.3) is 0 Å². The fraction of sp³-hybridized carbons (Fsp3) is 1.00. The molecule has 0 radical (unpaired) electrons. The van der Waals surface area contributed by atoms with Gasteiger partial charge in [-0.05, 0) is 0 Å². The summed E-state index contributed by atoms with van der Waals surface area (Å²) in [4.78, 5) is 22.9. The molecule has 0 saturated carbocycles. The van der Waals surface area contributed by atoms with E-state index in [9.17, 15) is 0 Å². The second-order valence-electron chi connectivity index (χ2n) is 2.48. The van der Waals surface area contributed by atoms with Crippen molar-refractivity contribution in [3.8, 4) is 0 Å². The van der Waals surface area contributed by atoms with Gasteiger partial charge in [-0.2, -0.15) is 0 Å². The molecule has 0 aromatic heterocycles. The van der Waals surface area contributed by atoms with Crippen LogP contribution in [0.3, 0.4) is 0 Å². The summed E-state index contributed by atoms with van der Waals surface area (Å²) in [5.74, 6) is 0. The molecule has 0 aliphatic carbocycles. The smallest absolute Gasteiger partial charge is 0.756 e. The maximum Gasteiger partial charge on any atom is 1.00 e. The maximum atomic E-state index is 8.77. The Bertz CT molecular complexity index is 178. The summed E-state index contributed by atoms with van der Waals surface area (Å²) in [6.45, 7) is -1.28. The van der Waals surface area contributed by atoms with Gasteiger partial charge in [0.25, 0.3) is 7.82 Å². The Balaban J connectivity index is -0.000000242. The molecule has 0 fully saturated rings. The monoisotopic (exact) mass is 272 g/mol. The van der Waals surface area contributed by atoms with E-state index in [2.05, 4.69) is 0 Å². The van der Waals surface area contributed by atoms with Crippen LogP contribution >= 0.6 is 7.82 Å². The second kappa shape index (κ2) is 11.0. The van der Waals surface area contributed by atoms with Gasteiger partial charge in [-0.25, -0.2) is 0 Å². The average molecular weight is 272 g/mol. The number of hydrogen-bond acceptors (Lipinski definition) is 7. The van der Waals surface area contributed by atoms with Crippen molar-refractivity contribution in [3.05, 3.63) is 0 Å². The minimum absolute atomic E-state index is 0. The van der Waals surface area contributed by atoms with Crippen molar-refractivity contribution in [2.24, 2.45) is 0 Å². The summed E-state index contributed by atoms with van der Waals surface area (Å²) in [7, 11) is -4.89. The normalized spacial score (nSPS) is 16.2. The molecule has 0 aromatic rings. The van der Waals surface area contributed by atoms with E-state index < -0.39 is 39.3 Å². The summed E-state index contributed by atoms with van der Waals surface area (Å²) >= 11 is 0. The predicted molar refractivity (Wildman–Crippen MR) is 44.2 cm³/mol. The third-order valence-corrected chi connectivity index (χ3v) is 1.16. The van der Waals surface area contributed by atoms with E-state index in [-0.39, 0.29) is 29.6 Å². The first-order valence-electron chi connectivity index (χ1n) is 3.66. The number of phosphoric acid groups is 1. The van der Waals surface area contributed by atoms with E-state index in [1.807, 2.05) is 0 Å². The van der Waals surface area contributed by atoms with E-state index in [1.54, 1.807) is 0 Å². The van der Waals surface area contributed by atoms with Crippen molar-refractivity contribution in [2.45, 2.75) is 18.3 Å². The molecule has 0 aliphatic rings. The molecule has 16 heavy (non-hydrogen) atoms. The molecule has 9 nitrogen and oxygen atoms in total. The molecule has 0 rings (SSSR count). The van der Waals surface area contributed by atoms with Crippen LogP contribution in [0.4, 0.5) is 0 Å². The topological polar surface area (TPSA) is 182 Å². The third kappa shape index (κ3) is 17.3. The maximum absolute atomic E-state index is 8.77. The summed E-state index contributed by atoms with van der Waals surface area (Å²) in [6, 6.07) is 0. The van der Waals surface area contributed by atoms with Crippen molar-refractivity contribution in [1.82, 2.24) is 0 Å². The third-order valence-electron chi connectivity index (χ3n) is 1.16. The van der Waals surface area contributed by atoms with Crippen molar-refractivity contribution >= 4 is 7.82 Å². The van der Waals surface area contributed by atoms with Crippen LogP contribution in [0.1, 0.15) is 0 Å². The summed E-state index contributed by atoms with van der Waals surface area (Å²) in [5.41, 5.74) is 0. The molecule has 0 bridgehead atoms. The molecule has 0 amide bonds. The van der Waals surface area contributed by atoms with Gasteiger partial charge in [0.15, 0.2) is 0 Å². The van der Waals surface area contributed by atoms with Crippen molar-refractivity contribution < 1.29 is 74.3 Å². The Kier molecular flexibility index (Phi) is 15.2. The fourth-order valence-corrected chi connectivity index (χ4v) is 0.472. The van der Waals surface area contributed by atoms with Crippen LogP contribution in [0, 0.1) is 0 Å². The van der Waals surface area contributed by atoms with E-state index >= 15 is 0 Å². The molecule has 2 unspecified atom stereocenters. The zero-order valence-corrected chi connectivity index (χ0v) is 11.4. The minimum Gasteiger partial charge on any atom is -0.756 e. The van der Waals surface area contributed by atoms with Crippen LogP contribution in [0.5, 0.6) is 0 Å². The van der Waals surface area contributed by atoms with Gasteiger partial charge in [-0.15, -0.1) is 0 Å². The molecule has 0 saturated heterocycles. The van der Waals surface area contributed by atoms with Gasteiger partial charge < -0.3 is 40.2 Å². The van der Waals surface area contributed by atoms with Gasteiger partial charge in [-0.3, -0.25) is 4.57 Å². The molecule has 0 heterocycles. The summed E-state index contributed by atoms with van der Waals surface area (Å²) in [5, 5.41) is 42.6. The predicted octanol–water partition coefficient (Wildman–Crippen LogP) is -7.50. The Morgan fingerprint density at radius 1 is 1.00 bits per heavy atom. The Morgan fingerprint density at radius 3 is 1.31 bits per heavy atom. The van der Waals surface area contributed by atoms with E-state index in [0.717, 1.165) is 0 Å². The van der Waals surface area contributed by atoms with Crippen molar-refractivity contribution in [1.29, 1.82) is 0 Å². The molecule has 0 spiro atoms. The standard InChI is InChI=1S/C5H12O5.Na.H3O4P/c6-1-3(8)5(10)4(9)2-7;;1-5(2,3)4/h3-10H,1-2H2;;(H3,1,2,3,4)/q;+1;/p-1. The quantitative estimate of drug-likeness (QED) is 0.193. The van der Waals surface area contributed by atoms with E-state index in [0.29, 0.717) is 0 Å². The fourth-order valence-electron chi connectivity index (χ4n) is 0.472. The zero-order valence-electron chi connectivity index (χ0n) is 8.54. The van der Waals surface area contributed by atoms with Gasteiger partial charge in [0, 0.05) is 0 Å². The first-order valence-corrected chi connectivity index (χ1v) is 5.19. The van der Waals surface area contributed by atoms with Crippen LogP contribution in [-0.4, -0.2) is 66.8 Å². The van der Waals surface area contributed by atoms with Gasteiger partial charge in [-0.1, -0.05) is 0 Å².